The first kappa shape index (κ1) is 17.6. The molecule has 1 saturated heterocycles. The number of ether oxygens (including phenoxy) is 2. The zero-order valence-electron chi connectivity index (χ0n) is 15.0. The molecular weight excluding hydrogens is 292 g/mol. The Hall–Kier alpha value is -1.75. The lowest BCUT2D eigenvalue weighted by Crippen LogP contribution is -3.06. The molecule has 2 rings (SSSR count). The van der Waals surface area contributed by atoms with Crippen LogP contribution in [0.5, 0.6) is 11.5 Å². The topological polar surface area (TPSA) is 64.2 Å². The summed E-state index contributed by atoms with van der Waals surface area (Å²) < 4.78 is 10.6. The maximum Gasteiger partial charge on any atom is 0.255 e. The first-order chi connectivity index (χ1) is 10.7. The van der Waals surface area contributed by atoms with Crippen LogP contribution in [0.1, 0.15) is 50.9 Å². The fraction of sp³-hybridized carbons (Fsp3) is 0.611. The highest BCUT2D eigenvalue weighted by Gasteiger charge is 2.42. The van der Waals surface area contributed by atoms with E-state index in [1.165, 1.54) is 0 Å². The summed E-state index contributed by atoms with van der Waals surface area (Å²) in [5, 5.41) is 5.58. The summed E-state index contributed by atoms with van der Waals surface area (Å²) in [6, 6.07) is 5.51. The van der Waals surface area contributed by atoms with Gasteiger partial charge in [-0.2, -0.15) is 0 Å². The molecule has 3 N–H and O–H groups in total. The Morgan fingerprint density at radius 1 is 1.13 bits per heavy atom. The molecule has 0 bridgehead atoms. The molecular formula is C18H29N2O3+. The van der Waals surface area contributed by atoms with Crippen LogP contribution < -0.4 is 20.1 Å². The largest absolute Gasteiger partial charge is 0.493 e. The number of piperidine rings is 1. The van der Waals surface area contributed by atoms with Crippen molar-refractivity contribution in [2.75, 3.05) is 14.2 Å². The van der Waals surface area contributed by atoms with Gasteiger partial charge in [-0.15, -0.1) is 0 Å². The number of hydrogen-bond donors (Lipinski definition) is 2. The van der Waals surface area contributed by atoms with Gasteiger partial charge in [0.15, 0.2) is 11.5 Å². The number of rotatable bonds is 4. The van der Waals surface area contributed by atoms with E-state index in [9.17, 15) is 4.79 Å². The number of quaternary nitrogens is 1. The van der Waals surface area contributed by atoms with Crippen molar-refractivity contribution in [3.63, 3.8) is 0 Å². The third-order valence-electron chi connectivity index (χ3n) is 4.31. The summed E-state index contributed by atoms with van der Waals surface area (Å²) in [6.45, 7) is 8.89. The van der Waals surface area contributed by atoms with Gasteiger partial charge in [0, 0.05) is 18.9 Å². The molecule has 0 spiro atoms. The second kappa shape index (κ2) is 6.40. The summed E-state index contributed by atoms with van der Waals surface area (Å²) in [5.41, 5.74) is 0.730. The SMILES string of the molecule is COc1cccc(C(=O)NC2CC(C)(C)[NH2+]C(C)(C)C2)c1OC. The monoisotopic (exact) mass is 321 g/mol. The molecule has 0 unspecified atom stereocenters. The van der Waals surface area contributed by atoms with Crippen molar-refractivity contribution in [3.05, 3.63) is 23.8 Å². The molecule has 1 heterocycles. The van der Waals surface area contributed by atoms with E-state index < -0.39 is 0 Å². The molecule has 1 fully saturated rings. The minimum absolute atomic E-state index is 0.109. The van der Waals surface area contributed by atoms with Crippen LogP contribution in [0.15, 0.2) is 18.2 Å². The number of methoxy groups -OCH3 is 2. The molecule has 1 amide bonds. The summed E-state index contributed by atoms with van der Waals surface area (Å²) in [4.78, 5) is 12.7. The first-order valence-electron chi connectivity index (χ1n) is 8.06. The van der Waals surface area contributed by atoms with Gasteiger partial charge in [0.1, 0.15) is 0 Å². The average molecular weight is 321 g/mol. The van der Waals surface area contributed by atoms with Gasteiger partial charge >= 0.3 is 0 Å². The highest BCUT2D eigenvalue weighted by atomic mass is 16.5. The van der Waals surface area contributed by atoms with Gasteiger partial charge in [0.25, 0.3) is 5.91 Å². The number of amides is 1. The van der Waals surface area contributed by atoms with Crippen LogP contribution in [0.2, 0.25) is 0 Å². The normalized spacial score (nSPS) is 19.9. The Balaban J connectivity index is 2.19. The molecule has 0 saturated carbocycles. The lowest BCUT2D eigenvalue weighted by Gasteiger charge is -2.43. The van der Waals surface area contributed by atoms with Crippen molar-refractivity contribution < 1.29 is 19.6 Å². The van der Waals surface area contributed by atoms with E-state index in [0.717, 1.165) is 12.8 Å². The molecule has 0 atom stereocenters. The maximum atomic E-state index is 12.7. The van der Waals surface area contributed by atoms with Gasteiger partial charge in [0.05, 0.1) is 30.9 Å². The molecule has 1 aliphatic heterocycles. The molecule has 128 valence electrons. The number of hydrogen-bond acceptors (Lipinski definition) is 3. The predicted octanol–water partition coefficient (Wildman–Crippen LogP) is 1.72. The van der Waals surface area contributed by atoms with E-state index in [1.54, 1.807) is 32.4 Å². The lowest BCUT2D eigenvalue weighted by atomic mass is 9.79. The van der Waals surface area contributed by atoms with Crippen molar-refractivity contribution in [1.29, 1.82) is 0 Å². The van der Waals surface area contributed by atoms with Crippen LogP contribution >= 0.6 is 0 Å². The van der Waals surface area contributed by atoms with Gasteiger partial charge in [-0.05, 0) is 39.8 Å². The Labute approximate surface area is 138 Å². The maximum absolute atomic E-state index is 12.7. The average Bonchev–Trinajstić information content (AvgIpc) is 2.42. The van der Waals surface area contributed by atoms with Gasteiger partial charge in [-0.3, -0.25) is 4.79 Å². The Morgan fingerprint density at radius 3 is 2.26 bits per heavy atom. The Morgan fingerprint density at radius 2 is 1.74 bits per heavy atom. The van der Waals surface area contributed by atoms with Crippen LogP contribution in [-0.4, -0.2) is 37.2 Å². The van der Waals surface area contributed by atoms with E-state index in [1.807, 2.05) is 0 Å². The number of carbonyl (C=O) groups excluding carboxylic acids is 1. The van der Waals surface area contributed by atoms with Crippen LogP contribution in [-0.2, 0) is 0 Å². The van der Waals surface area contributed by atoms with Crippen molar-refractivity contribution in [1.82, 2.24) is 5.32 Å². The standard InChI is InChI=1S/C18H28N2O3/c1-17(2)10-12(11-18(3,4)20-17)19-16(21)13-8-7-9-14(22-5)15(13)23-6/h7-9,12,20H,10-11H2,1-6H3,(H,19,21)/p+1. The van der Waals surface area contributed by atoms with Crippen LogP contribution in [0.3, 0.4) is 0 Å². The highest BCUT2D eigenvalue weighted by molar-refractivity contribution is 5.98. The minimum atomic E-state index is -0.112. The van der Waals surface area contributed by atoms with Gasteiger partial charge in [-0.1, -0.05) is 6.07 Å². The third-order valence-corrected chi connectivity index (χ3v) is 4.31. The molecule has 1 aliphatic rings. The second-order valence-electron chi connectivity index (χ2n) is 7.74. The minimum Gasteiger partial charge on any atom is -0.493 e. The Bertz CT molecular complexity index is 566. The molecule has 5 nitrogen and oxygen atoms in total. The van der Waals surface area contributed by atoms with Crippen molar-refractivity contribution in [2.45, 2.75) is 57.7 Å². The molecule has 0 aliphatic carbocycles. The number of nitrogens with one attached hydrogen (secondary N) is 1. The van der Waals surface area contributed by atoms with Gasteiger partial charge in [-0.25, -0.2) is 0 Å². The summed E-state index contributed by atoms with van der Waals surface area (Å²) in [6.07, 6.45) is 1.88. The zero-order chi connectivity index (χ0) is 17.3. The molecule has 1 aromatic rings. The number of para-hydroxylation sites is 1. The molecule has 0 radical (unpaired) electrons. The zero-order valence-corrected chi connectivity index (χ0v) is 15.0. The summed E-state index contributed by atoms with van der Waals surface area (Å²) in [7, 11) is 3.12. The lowest BCUT2D eigenvalue weighted by molar-refractivity contribution is -0.787. The van der Waals surface area contributed by atoms with Gasteiger partial charge < -0.3 is 20.1 Å². The van der Waals surface area contributed by atoms with E-state index in [4.69, 9.17) is 9.47 Å². The summed E-state index contributed by atoms with van der Waals surface area (Å²) in [5.74, 6) is 0.936. The molecule has 5 heteroatoms. The number of nitrogens with two attached hydrogens (primary N) is 1. The van der Waals surface area contributed by atoms with Crippen molar-refractivity contribution >= 4 is 5.91 Å². The van der Waals surface area contributed by atoms with Crippen molar-refractivity contribution in [2.24, 2.45) is 0 Å². The number of carbonyl (C=O) groups is 1. The van der Waals surface area contributed by atoms with E-state index in [2.05, 4.69) is 38.3 Å². The second-order valence-corrected chi connectivity index (χ2v) is 7.74. The van der Waals surface area contributed by atoms with Crippen molar-refractivity contribution in [3.8, 4) is 11.5 Å². The van der Waals surface area contributed by atoms with Crippen LogP contribution in [0.25, 0.3) is 0 Å². The molecule has 0 aromatic heterocycles. The quantitative estimate of drug-likeness (QED) is 0.887. The molecule has 1 aromatic carbocycles. The first-order valence-corrected chi connectivity index (χ1v) is 8.06. The van der Waals surface area contributed by atoms with E-state index in [-0.39, 0.29) is 23.0 Å². The van der Waals surface area contributed by atoms with Crippen LogP contribution in [0, 0.1) is 0 Å². The van der Waals surface area contributed by atoms with E-state index >= 15 is 0 Å². The van der Waals surface area contributed by atoms with Gasteiger partial charge in [0.2, 0.25) is 0 Å². The fourth-order valence-corrected chi connectivity index (χ4v) is 3.95. The van der Waals surface area contributed by atoms with Crippen LogP contribution in [0.4, 0.5) is 0 Å². The summed E-state index contributed by atoms with van der Waals surface area (Å²) >= 11 is 0. The smallest absolute Gasteiger partial charge is 0.255 e. The molecule has 23 heavy (non-hydrogen) atoms. The van der Waals surface area contributed by atoms with E-state index in [0.29, 0.717) is 17.1 Å². The highest BCUT2D eigenvalue weighted by Crippen LogP contribution is 2.31. The predicted molar refractivity (Wildman–Crippen MR) is 90.1 cm³/mol. The Kier molecular flexibility index (Phi) is 4.90. The fourth-order valence-electron chi connectivity index (χ4n) is 3.95. The third kappa shape index (κ3) is 4.16. The number of benzene rings is 1.